The van der Waals surface area contributed by atoms with Crippen LogP contribution in [0.3, 0.4) is 0 Å². The molecule has 2 atom stereocenters. The molecule has 194 valence electrons. The fraction of sp³-hybridized carbons (Fsp3) is 0.591. The van der Waals surface area contributed by atoms with E-state index in [4.69, 9.17) is 10.6 Å². The number of piperidine rings is 3. The Bertz CT molecular complexity index is 1140. The average Bonchev–Trinajstić information content (AvgIpc) is 3.31. The molecule has 2 bridgehead atoms. The summed E-state index contributed by atoms with van der Waals surface area (Å²) < 4.78 is 0.800. The molecule has 4 fully saturated rings. The molecule has 1 aromatic rings. The summed E-state index contributed by atoms with van der Waals surface area (Å²) in [5.41, 5.74) is 6.58. The fourth-order valence-corrected chi connectivity index (χ4v) is 7.60. The van der Waals surface area contributed by atoms with E-state index in [-0.39, 0.29) is 34.3 Å². The number of rotatable bonds is 8. The summed E-state index contributed by atoms with van der Waals surface area (Å²) >= 11 is 2.59. The van der Waals surface area contributed by atoms with Crippen LogP contribution in [0, 0.1) is 5.41 Å². The first-order valence-electron chi connectivity index (χ1n) is 11.7. The number of aromatic nitrogens is 1. The normalized spacial score (nSPS) is 31.7. The Morgan fingerprint density at radius 1 is 1.36 bits per heavy atom. The lowest BCUT2D eigenvalue weighted by molar-refractivity contribution is -0.941. The molecule has 12 nitrogen and oxygen atoms in total. The summed E-state index contributed by atoms with van der Waals surface area (Å²) in [7, 11) is 1.29. The van der Waals surface area contributed by atoms with Crippen molar-refractivity contribution in [1.29, 1.82) is 0 Å². The number of aliphatic hydroxyl groups excluding tert-OH is 1. The number of hydrogen-bond donors (Lipinski definition) is 4. The van der Waals surface area contributed by atoms with Gasteiger partial charge >= 0.3 is 5.97 Å². The summed E-state index contributed by atoms with van der Waals surface area (Å²) in [5.74, 6) is -1.79. The van der Waals surface area contributed by atoms with E-state index >= 15 is 0 Å². The number of thioether (sulfide) groups is 1. The van der Waals surface area contributed by atoms with Crippen molar-refractivity contribution in [3.8, 4) is 0 Å². The molecule has 0 aliphatic carbocycles. The fourth-order valence-electron chi connectivity index (χ4n) is 5.72. The van der Waals surface area contributed by atoms with Crippen molar-refractivity contribution in [2.45, 2.75) is 30.7 Å². The summed E-state index contributed by atoms with van der Waals surface area (Å²) in [5, 5.41) is 27.6. The molecule has 14 heteroatoms. The number of nitrogens with one attached hydrogen (secondary N) is 1. The maximum absolute atomic E-state index is 13.1. The van der Waals surface area contributed by atoms with Gasteiger partial charge in [0.15, 0.2) is 10.8 Å². The van der Waals surface area contributed by atoms with Crippen LogP contribution < -0.4 is 11.1 Å². The van der Waals surface area contributed by atoms with Crippen LogP contribution in [0.4, 0.5) is 5.13 Å². The molecule has 5 aliphatic heterocycles. The van der Waals surface area contributed by atoms with Crippen LogP contribution in [-0.4, -0.2) is 105 Å². The lowest BCUT2D eigenvalue weighted by Gasteiger charge is -2.55. The number of thiazole rings is 1. The summed E-state index contributed by atoms with van der Waals surface area (Å²) in [6.07, 6.45) is 2.80. The number of hydrogen-bond acceptors (Lipinski definition) is 10. The first kappa shape index (κ1) is 25.0. The molecular weight excluding hydrogens is 508 g/mol. The molecule has 0 unspecified atom stereocenters. The number of oxime groups is 1. The number of nitrogens with zero attached hydrogens (tertiary/aromatic N) is 4. The number of nitrogen functional groups attached to an aromatic ring is 1. The minimum absolute atomic E-state index is 0.0184. The number of nitrogens with two attached hydrogens (primary N) is 1. The van der Waals surface area contributed by atoms with Gasteiger partial charge < -0.3 is 30.6 Å². The topological polar surface area (TPSA) is 167 Å². The Morgan fingerprint density at radius 2 is 2.06 bits per heavy atom. The number of carboxylic acids is 1. The van der Waals surface area contributed by atoms with Crippen LogP contribution in [0.25, 0.3) is 0 Å². The van der Waals surface area contributed by atoms with Gasteiger partial charge in [-0.15, -0.1) is 23.1 Å². The Hall–Kier alpha value is -2.68. The number of aliphatic hydroxyl groups is 1. The smallest absolute Gasteiger partial charge is 0.352 e. The van der Waals surface area contributed by atoms with Crippen LogP contribution in [-0.2, 0) is 19.2 Å². The number of quaternary nitrogens is 1. The number of carbonyl (C=O) groups excluding carboxylic acids is 2. The monoisotopic (exact) mass is 537 g/mol. The highest BCUT2D eigenvalue weighted by molar-refractivity contribution is 8.00. The molecule has 6 rings (SSSR count). The van der Waals surface area contributed by atoms with Crippen molar-refractivity contribution in [2.75, 3.05) is 51.4 Å². The molecule has 36 heavy (non-hydrogen) atoms. The standard InChI is InChI=1S/C22H28N6O6S2/c1-34-26-14(13-10-36-21(23)24-13)17(30)25-15-18(31)27-16(20(32)33)12(9-35-19(15)27)8-28-5-2-22(11-29,3-6-28)4-7-28/h10,15,19,29H,2-9,11H2,1H3,(H3-,23,24,25,30,32,33)/p+1/b26-14-/t15-,19+,22?,28?/m0/s1. The van der Waals surface area contributed by atoms with E-state index in [0.29, 0.717) is 12.3 Å². The molecule has 5 N–H and O–H groups in total. The van der Waals surface area contributed by atoms with Crippen molar-refractivity contribution < 1.29 is 33.9 Å². The van der Waals surface area contributed by atoms with Crippen LogP contribution in [0.1, 0.15) is 25.0 Å². The Labute approximate surface area is 215 Å². The molecular formula is C22H29N6O6S2+. The Morgan fingerprint density at radius 3 is 2.61 bits per heavy atom. The predicted molar refractivity (Wildman–Crippen MR) is 133 cm³/mol. The van der Waals surface area contributed by atoms with Gasteiger partial charge in [-0.3, -0.25) is 14.5 Å². The number of carboxylic acid groups (broad SMARTS) is 1. The van der Waals surface area contributed by atoms with Gasteiger partial charge in [0.25, 0.3) is 11.8 Å². The zero-order valence-electron chi connectivity index (χ0n) is 19.8. The van der Waals surface area contributed by atoms with Gasteiger partial charge in [0.2, 0.25) is 0 Å². The van der Waals surface area contributed by atoms with Crippen molar-refractivity contribution in [1.82, 2.24) is 15.2 Å². The van der Waals surface area contributed by atoms with E-state index in [1.54, 1.807) is 5.38 Å². The van der Waals surface area contributed by atoms with Gasteiger partial charge in [-0.05, 0) is 0 Å². The first-order chi connectivity index (χ1) is 17.2. The van der Waals surface area contributed by atoms with E-state index in [0.717, 1.165) is 60.3 Å². The molecule has 0 saturated carbocycles. The second kappa shape index (κ2) is 9.32. The third-order valence-corrected chi connectivity index (χ3v) is 9.92. The van der Waals surface area contributed by atoms with E-state index in [1.807, 2.05) is 0 Å². The number of amides is 2. The first-order valence-corrected chi connectivity index (χ1v) is 13.6. The van der Waals surface area contributed by atoms with E-state index in [1.165, 1.54) is 23.8 Å². The highest BCUT2D eigenvalue weighted by Crippen LogP contribution is 2.46. The minimum atomic E-state index is -1.13. The van der Waals surface area contributed by atoms with Gasteiger partial charge in [0, 0.05) is 48.0 Å². The largest absolute Gasteiger partial charge is 0.477 e. The zero-order valence-corrected chi connectivity index (χ0v) is 21.4. The molecule has 0 aromatic carbocycles. The minimum Gasteiger partial charge on any atom is -0.477 e. The van der Waals surface area contributed by atoms with Crippen LogP contribution in [0.15, 0.2) is 21.8 Å². The van der Waals surface area contributed by atoms with Crippen LogP contribution >= 0.6 is 23.1 Å². The van der Waals surface area contributed by atoms with Gasteiger partial charge in [-0.1, -0.05) is 5.16 Å². The lowest BCUT2D eigenvalue weighted by atomic mass is 9.71. The van der Waals surface area contributed by atoms with Gasteiger partial charge in [0.05, 0.1) is 19.6 Å². The third-order valence-electron chi connectivity index (χ3n) is 7.91. The molecule has 6 heterocycles. The lowest BCUT2D eigenvalue weighted by Crippen LogP contribution is -2.71. The summed E-state index contributed by atoms with van der Waals surface area (Å²) in [6.45, 7) is 3.50. The highest BCUT2D eigenvalue weighted by Gasteiger charge is 2.56. The Balaban J connectivity index is 1.32. The second-order valence-electron chi connectivity index (χ2n) is 9.89. The number of carbonyl (C=O) groups is 3. The maximum Gasteiger partial charge on any atom is 0.352 e. The SMILES string of the molecule is CO/N=C(\C(=O)N[C@H]1C(=O)N2C(C(=O)O)=C(C[N+]34CCC(CO)(CC3)CC4)CS[C@H]12)c1csc(N)n1. The van der Waals surface area contributed by atoms with Gasteiger partial charge in [-0.2, -0.15) is 0 Å². The highest BCUT2D eigenvalue weighted by atomic mass is 32.2. The van der Waals surface area contributed by atoms with E-state index in [2.05, 4.69) is 15.5 Å². The molecule has 0 spiro atoms. The zero-order chi connectivity index (χ0) is 25.7. The Kier molecular flexibility index (Phi) is 6.47. The molecule has 2 amide bonds. The van der Waals surface area contributed by atoms with Crippen molar-refractivity contribution in [3.63, 3.8) is 0 Å². The average molecular weight is 538 g/mol. The quantitative estimate of drug-likeness (QED) is 0.152. The third kappa shape index (κ3) is 4.15. The number of aliphatic carboxylic acids is 1. The predicted octanol–water partition coefficient (Wildman–Crippen LogP) is -0.193. The number of fused-ring (bicyclic) bond motifs is 4. The number of β-lactam (4-membered cyclic amide) rings is 1. The maximum atomic E-state index is 13.1. The molecule has 4 saturated heterocycles. The summed E-state index contributed by atoms with van der Waals surface area (Å²) in [6, 6.07) is -0.890. The van der Waals surface area contributed by atoms with E-state index in [9.17, 15) is 24.6 Å². The second-order valence-corrected chi connectivity index (χ2v) is 11.9. The van der Waals surface area contributed by atoms with Crippen molar-refractivity contribution in [3.05, 3.63) is 22.3 Å². The van der Waals surface area contributed by atoms with Gasteiger partial charge in [0.1, 0.15) is 36.5 Å². The molecule has 5 aliphatic rings. The van der Waals surface area contributed by atoms with Gasteiger partial charge in [-0.25, -0.2) is 9.78 Å². The molecule has 0 radical (unpaired) electrons. The van der Waals surface area contributed by atoms with Crippen molar-refractivity contribution in [2.24, 2.45) is 10.6 Å². The van der Waals surface area contributed by atoms with E-state index < -0.39 is 29.2 Å². The van der Waals surface area contributed by atoms with Crippen LogP contribution in [0.2, 0.25) is 0 Å². The molecule has 1 aromatic heterocycles. The number of anilines is 1. The van der Waals surface area contributed by atoms with Crippen molar-refractivity contribution >= 4 is 51.7 Å². The summed E-state index contributed by atoms with van der Waals surface area (Å²) in [4.78, 5) is 48.5. The van der Waals surface area contributed by atoms with Crippen LogP contribution in [0.5, 0.6) is 0 Å².